The summed E-state index contributed by atoms with van der Waals surface area (Å²) in [5.74, 6) is 1.25. The molecular weight excluding hydrogens is 306 g/mol. The SMILES string of the molecule is Nc1nc(Cl)cc(N2CCC(C(=O)N3CCOCC3)CC2)n1. The van der Waals surface area contributed by atoms with Gasteiger partial charge in [-0.2, -0.15) is 4.98 Å². The van der Waals surface area contributed by atoms with Gasteiger partial charge in [-0.25, -0.2) is 4.98 Å². The Hall–Kier alpha value is -1.60. The Balaban J connectivity index is 1.58. The van der Waals surface area contributed by atoms with Crippen LogP contribution < -0.4 is 10.6 Å². The second-order valence-electron chi connectivity index (χ2n) is 5.61. The van der Waals surface area contributed by atoms with Crippen molar-refractivity contribution in [3.05, 3.63) is 11.2 Å². The molecule has 1 aromatic rings. The van der Waals surface area contributed by atoms with Crippen LogP contribution in [-0.4, -0.2) is 60.2 Å². The number of anilines is 2. The maximum absolute atomic E-state index is 12.5. The number of ether oxygens (including phenoxy) is 1. The van der Waals surface area contributed by atoms with Crippen LogP contribution in [0.15, 0.2) is 6.07 Å². The first-order chi connectivity index (χ1) is 10.6. The number of nitrogen functional groups attached to an aromatic ring is 1. The molecule has 22 heavy (non-hydrogen) atoms. The van der Waals surface area contributed by atoms with E-state index in [-0.39, 0.29) is 17.8 Å². The van der Waals surface area contributed by atoms with E-state index in [2.05, 4.69) is 14.9 Å². The smallest absolute Gasteiger partial charge is 0.225 e. The molecule has 0 aliphatic carbocycles. The van der Waals surface area contributed by atoms with Crippen molar-refractivity contribution in [2.24, 2.45) is 5.92 Å². The van der Waals surface area contributed by atoms with Crippen LogP contribution in [0.2, 0.25) is 5.15 Å². The van der Waals surface area contributed by atoms with Gasteiger partial charge in [-0.05, 0) is 12.8 Å². The van der Waals surface area contributed by atoms with Gasteiger partial charge in [0.05, 0.1) is 13.2 Å². The number of piperidine rings is 1. The maximum atomic E-state index is 12.5. The lowest BCUT2D eigenvalue weighted by Crippen LogP contribution is -2.47. The van der Waals surface area contributed by atoms with E-state index < -0.39 is 0 Å². The zero-order chi connectivity index (χ0) is 15.5. The average molecular weight is 326 g/mol. The molecule has 0 atom stereocenters. The lowest BCUT2D eigenvalue weighted by molar-refractivity contribution is -0.140. The minimum absolute atomic E-state index is 0.0870. The molecule has 2 N–H and O–H groups in total. The Kier molecular flexibility index (Phi) is 4.63. The summed E-state index contributed by atoms with van der Waals surface area (Å²) in [5, 5.41) is 0.342. The Morgan fingerprint density at radius 1 is 1.23 bits per heavy atom. The van der Waals surface area contributed by atoms with Gasteiger partial charge < -0.3 is 20.3 Å². The fraction of sp³-hybridized carbons (Fsp3) is 0.643. The molecule has 2 aliphatic rings. The molecular formula is C14H20ClN5O2. The lowest BCUT2D eigenvalue weighted by Gasteiger charge is -2.36. The maximum Gasteiger partial charge on any atom is 0.225 e. The van der Waals surface area contributed by atoms with E-state index in [1.165, 1.54) is 0 Å². The Labute approximate surface area is 134 Å². The molecule has 1 aromatic heterocycles. The molecule has 1 amide bonds. The summed E-state index contributed by atoms with van der Waals surface area (Å²) in [6, 6.07) is 1.71. The van der Waals surface area contributed by atoms with Crippen molar-refractivity contribution < 1.29 is 9.53 Å². The third kappa shape index (κ3) is 3.41. The third-order valence-corrected chi connectivity index (χ3v) is 4.38. The highest BCUT2D eigenvalue weighted by Crippen LogP contribution is 2.25. The Morgan fingerprint density at radius 3 is 2.55 bits per heavy atom. The molecule has 0 aromatic carbocycles. The lowest BCUT2D eigenvalue weighted by atomic mass is 9.95. The minimum Gasteiger partial charge on any atom is -0.378 e. The number of aromatic nitrogens is 2. The highest BCUT2D eigenvalue weighted by Gasteiger charge is 2.29. The van der Waals surface area contributed by atoms with E-state index in [0.717, 1.165) is 31.7 Å². The first-order valence-electron chi connectivity index (χ1n) is 7.55. The van der Waals surface area contributed by atoms with Gasteiger partial charge in [0.25, 0.3) is 0 Å². The van der Waals surface area contributed by atoms with Crippen molar-refractivity contribution in [2.75, 3.05) is 50.0 Å². The predicted octanol–water partition coefficient (Wildman–Crippen LogP) is 0.787. The Bertz CT molecular complexity index is 522. The number of halogens is 1. The van der Waals surface area contributed by atoms with Gasteiger partial charge in [0, 0.05) is 38.2 Å². The summed E-state index contributed by atoms with van der Waals surface area (Å²) < 4.78 is 5.29. The fourth-order valence-corrected chi connectivity index (χ4v) is 3.17. The minimum atomic E-state index is 0.0870. The van der Waals surface area contributed by atoms with Crippen molar-refractivity contribution >= 4 is 29.3 Å². The van der Waals surface area contributed by atoms with E-state index in [4.69, 9.17) is 22.1 Å². The molecule has 120 valence electrons. The van der Waals surface area contributed by atoms with E-state index in [0.29, 0.717) is 31.5 Å². The van der Waals surface area contributed by atoms with Crippen LogP contribution in [0, 0.1) is 5.92 Å². The number of hydrogen-bond donors (Lipinski definition) is 1. The molecule has 0 saturated carbocycles. The number of nitrogens with two attached hydrogens (primary N) is 1. The quantitative estimate of drug-likeness (QED) is 0.809. The molecule has 2 fully saturated rings. The molecule has 0 unspecified atom stereocenters. The van der Waals surface area contributed by atoms with Crippen molar-refractivity contribution in [2.45, 2.75) is 12.8 Å². The van der Waals surface area contributed by atoms with Crippen molar-refractivity contribution in [1.82, 2.24) is 14.9 Å². The van der Waals surface area contributed by atoms with E-state index >= 15 is 0 Å². The summed E-state index contributed by atoms with van der Waals surface area (Å²) in [6.45, 7) is 4.24. The first kappa shape index (κ1) is 15.3. The van der Waals surface area contributed by atoms with Gasteiger partial charge in [-0.15, -0.1) is 0 Å². The summed E-state index contributed by atoms with van der Waals surface area (Å²) in [5.41, 5.74) is 5.63. The zero-order valence-corrected chi connectivity index (χ0v) is 13.1. The molecule has 2 saturated heterocycles. The van der Waals surface area contributed by atoms with Crippen molar-refractivity contribution in [1.29, 1.82) is 0 Å². The summed E-state index contributed by atoms with van der Waals surface area (Å²) in [7, 11) is 0. The van der Waals surface area contributed by atoms with Crippen molar-refractivity contribution in [3.63, 3.8) is 0 Å². The second kappa shape index (κ2) is 6.66. The van der Waals surface area contributed by atoms with Crippen LogP contribution in [0.4, 0.5) is 11.8 Å². The normalized spacial score (nSPS) is 20.2. The second-order valence-corrected chi connectivity index (χ2v) is 5.99. The standard InChI is InChI=1S/C14H20ClN5O2/c15-11-9-12(18-14(16)17-11)19-3-1-10(2-4-19)13(21)20-5-7-22-8-6-20/h9-10H,1-8H2,(H2,16,17,18). The molecule has 8 heteroatoms. The highest BCUT2D eigenvalue weighted by atomic mass is 35.5. The van der Waals surface area contributed by atoms with Crippen LogP contribution in [-0.2, 0) is 9.53 Å². The highest BCUT2D eigenvalue weighted by molar-refractivity contribution is 6.29. The average Bonchev–Trinajstić information content (AvgIpc) is 2.54. The number of rotatable bonds is 2. The van der Waals surface area contributed by atoms with Gasteiger partial charge in [0.15, 0.2) is 0 Å². The van der Waals surface area contributed by atoms with Gasteiger partial charge in [-0.1, -0.05) is 11.6 Å². The molecule has 0 spiro atoms. The number of carbonyl (C=O) groups excluding carboxylic acids is 1. The van der Waals surface area contributed by atoms with Crippen LogP contribution in [0.5, 0.6) is 0 Å². The fourth-order valence-electron chi connectivity index (χ4n) is 2.98. The molecule has 7 nitrogen and oxygen atoms in total. The molecule has 3 heterocycles. The first-order valence-corrected chi connectivity index (χ1v) is 7.93. The number of hydrogen-bond acceptors (Lipinski definition) is 6. The van der Waals surface area contributed by atoms with Crippen LogP contribution >= 0.6 is 11.6 Å². The van der Waals surface area contributed by atoms with Gasteiger partial charge in [0.1, 0.15) is 11.0 Å². The van der Waals surface area contributed by atoms with E-state index in [1.54, 1.807) is 6.07 Å². The topological polar surface area (TPSA) is 84.6 Å². The van der Waals surface area contributed by atoms with E-state index in [1.807, 2.05) is 4.90 Å². The predicted molar refractivity (Wildman–Crippen MR) is 83.8 cm³/mol. The van der Waals surface area contributed by atoms with E-state index in [9.17, 15) is 4.79 Å². The number of morpholine rings is 1. The van der Waals surface area contributed by atoms with Gasteiger partial charge >= 0.3 is 0 Å². The summed E-state index contributed by atoms with van der Waals surface area (Å²) >= 11 is 5.92. The van der Waals surface area contributed by atoms with Gasteiger partial charge in [-0.3, -0.25) is 4.79 Å². The van der Waals surface area contributed by atoms with Crippen LogP contribution in [0.3, 0.4) is 0 Å². The van der Waals surface area contributed by atoms with Crippen LogP contribution in [0.1, 0.15) is 12.8 Å². The number of nitrogens with zero attached hydrogens (tertiary/aromatic N) is 4. The zero-order valence-electron chi connectivity index (χ0n) is 12.4. The van der Waals surface area contributed by atoms with Gasteiger partial charge in [0.2, 0.25) is 11.9 Å². The summed E-state index contributed by atoms with van der Waals surface area (Å²) in [6.07, 6.45) is 1.63. The molecule has 0 radical (unpaired) electrons. The number of amides is 1. The monoisotopic (exact) mass is 325 g/mol. The molecule has 3 rings (SSSR count). The molecule has 2 aliphatic heterocycles. The largest absolute Gasteiger partial charge is 0.378 e. The van der Waals surface area contributed by atoms with Crippen molar-refractivity contribution in [3.8, 4) is 0 Å². The summed E-state index contributed by atoms with van der Waals surface area (Å²) in [4.78, 5) is 24.6. The number of carbonyl (C=O) groups is 1. The molecule has 0 bridgehead atoms. The third-order valence-electron chi connectivity index (χ3n) is 4.19. The Morgan fingerprint density at radius 2 is 1.91 bits per heavy atom. The van der Waals surface area contributed by atoms with Crippen LogP contribution in [0.25, 0.3) is 0 Å².